The molecule has 22 heavy (non-hydrogen) atoms. The fraction of sp³-hybridized carbons (Fsp3) is 0.294. The van der Waals surface area contributed by atoms with Crippen molar-refractivity contribution in [3.8, 4) is 5.69 Å². The van der Waals surface area contributed by atoms with Crippen LogP contribution in [0.15, 0.2) is 54.2 Å². The zero-order chi connectivity index (χ0) is 15.5. The summed E-state index contributed by atoms with van der Waals surface area (Å²) in [5, 5.41) is 5.20. The first-order valence-electron chi connectivity index (χ1n) is 7.37. The van der Waals surface area contributed by atoms with E-state index in [1.807, 2.05) is 36.5 Å². The van der Waals surface area contributed by atoms with Crippen LogP contribution >= 0.6 is 11.8 Å². The molecule has 0 saturated carbocycles. The van der Waals surface area contributed by atoms with Crippen molar-refractivity contribution in [3.63, 3.8) is 0 Å². The average Bonchev–Trinajstić information content (AvgIpc) is 3.14. The smallest absolute Gasteiger partial charge is 0.172 e. The first-order chi connectivity index (χ1) is 10.6. The monoisotopic (exact) mass is 312 g/mol. The lowest BCUT2D eigenvalue weighted by atomic mass is 10.0. The van der Waals surface area contributed by atoms with Crippen LogP contribution in [-0.2, 0) is 12.8 Å². The van der Waals surface area contributed by atoms with Gasteiger partial charge in [-0.05, 0) is 23.6 Å². The molecule has 0 unspecified atom stereocenters. The molecule has 3 rings (SSSR count). The summed E-state index contributed by atoms with van der Waals surface area (Å²) < 4.78 is 3.96. The van der Waals surface area contributed by atoms with Crippen LogP contribution in [0.25, 0.3) is 5.69 Å². The van der Waals surface area contributed by atoms with Gasteiger partial charge in [-0.2, -0.15) is 5.10 Å². The molecular weight excluding hydrogens is 292 g/mol. The Bertz CT molecular complexity index is 740. The van der Waals surface area contributed by atoms with E-state index in [4.69, 9.17) is 0 Å². The third-order valence-corrected chi connectivity index (χ3v) is 4.61. The second-order valence-electron chi connectivity index (χ2n) is 5.64. The highest BCUT2D eigenvalue weighted by molar-refractivity contribution is 7.98. The van der Waals surface area contributed by atoms with Crippen LogP contribution in [0.5, 0.6) is 0 Å². The van der Waals surface area contributed by atoms with Crippen LogP contribution in [0.1, 0.15) is 30.9 Å². The molecule has 0 aliphatic heterocycles. The normalized spacial score (nSPS) is 11.3. The molecule has 5 heteroatoms. The van der Waals surface area contributed by atoms with Gasteiger partial charge in [-0.25, -0.2) is 4.98 Å². The number of imidazole rings is 1. The van der Waals surface area contributed by atoms with E-state index in [0.29, 0.717) is 5.92 Å². The molecule has 0 aliphatic rings. The van der Waals surface area contributed by atoms with Gasteiger partial charge in [0, 0.05) is 42.6 Å². The fourth-order valence-corrected chi connectivity index (χ4v) is 3.19. The molecule has 0 fully saturated rings. The zero-order valence-corrected chi connectivity index (χ0v) is 13.9. The number of nitrogens with zero attached hydrogens (tertiary/aromatic N) is 4. The minimum atomic E-state index is 0.552. The van der Waals surface area contributed by atoms with E-state index in [1.165, 1.54) is 11.1 Å². The summed E-state index contributed by atoms with van der Waals surface area (Å²) in [5.74, 6) is 1.42. The van der Waals surface area contributed by atoms with Crippen LogP contribution in [0.3, 0.4) is 0 Å². The molecule has 2 aromatic heterocycles. The van der Waals surface area contributed by atoms with E-state index in [0.717, 1.165) is 16.6 Å². The maximum Gasteiger partial charge on any atom is 0.172 e. The molecule has 0 aliphatic carbocycles. The fourth-order valence-electron chi connectivity index (χ4n) is 2.31. The molecule has 2 heterocycles. The maximum atomic E-state index is 4.47. The SMILES string of the molecule is CC(C)c1ccc(-n2ccnc2SCc2cnn(C)c2)cc1. The molecule has 0 spiro atoms. The number of hydrogen-bond acceptors (Lipinski definition) is 3. The predicted octanol–water partition coefficient (Wildman–Crippen LogP) is 4.02. The van der Waals surface area contributed by atoms with Gasteiger partial charge in [0.15, 0.2) is 5.16 Å². The van der Waals surface area contributed by atoms with Crippen LogP contribution in [0, 0.1) is 0 Å². The van der Waals surface area contributed by atoms with E-state index in [-0.39, 0.29) is 0 Å². The lowest BCUT2D eigenvalue weighted by Crippen LogP contribution is -1.96. The van der Waals surface area contributed by atoms with Crippen molar-refractivity contribution in [1.82, 2.24) is 19.3 Å². The summed E-state index contributed by atoms with van der Waals surface area (Å²) in [7, 11) is 1.94. The van der Waals surface area contributed by atoms with Gasteiger partial charge in [-0.15, -0.1) is 0 Å². The Labute approximate surface area is 135 Å². The first-order valence-corrected chi connectivity index (χ1v) is 8.36. The molecule has 1 aromatic carbocycles. The van der Waals surface area contributed by atoms with Gasteiger partial charge >= 0.3 is 0 Å². The van der Waals surface area contributed by atoms with Gasteiger partial charge in [0.05, 0.1) is 6.20 Å². The lowest BCUT2D eigenvalue weighted by molar-refractivity contribution is 0.767. The summed E-state index contributed by atoms with van der Waals surface area (Å²) >= 11 is 1.72. The van der Waals surface area contributed by atoms with Crippen molar-refractivity contribution in [3.05, 3.63) is 60.2 Å². The van der Waals surface area contributed by atoms with Gasteiger partial charge in [0.1, 0.15) is 0 Å². The molecule has 0 N–H and O–H groups in total. The molecular formula is C17H20N4S. The summed E-state index contributed by atoms with van der Waals surface area (Å²) in [6, 6.07) is 8.70. The van der Waals surface area contributed by atoms with Crippen molar-refractivity contribution in [2.24, 2.45) is 7.05 Å². The van der Waals surface area contributed by atoms with Gasteiger partial charge in [-0.3, -0.25) is 9.25 Å². The van der Waals surface area contributed by atoms with Gasteiger partial charge in [0.2, 0.25) is 0 Å². The first kappa shape index (κ1) is 14.9. The minimum Gasteiger partial charge on any atom is -0.295 e. The Hall–Kier alpha value is -2.01. The van der Waals surface area contributed by atoms with Crippen molar-refractivity contribution in [1.29, 1.82) is 0 Å². The maximum absolute atomic E-state index is 4.47. The lowest BCUT2D eigenvalue weighted by Gasteiger charge is -2.10. The third kappa shape index (κ3) is 3.25. The third-order valence-electron chi connectivity index (χ3n) is 3.57. The molecule has 0 bridgehead atoms. The molecule has 4 nitrogen and oxygen atoms in total. The van der Waals surface area contributed by atoms with E-state index >= 15 is 0 Å². The standard InChI is InChI=1S/C17H20N4S/c1-13(2)15-4-6-16(7-5-15)21-9-8-18-17(21)22-12-14-10-19-20(3)11-14/h4-11,13H,12H2,1-3H3. The molecule has 114 valence electrons. The Morgan fingerprint density at radius 1 is 1.18 bits per heavy atom. The number of rotatable bonds is 5. The summed E-state index contributed by atoms with van der Waals surface area (Å²) in [4.78, 5) is 4.47. The van der Waals surface area contributed by atoms with Crippen LogP contribution in [0.4, 0.5) is 0 Å². The van der Waals surface area contributed by atoms with E-state index < -0.39 is 0 Å². The Balaban J connectivity index is 1.76. The number of aromatic nitrogens is 4. The molecule has 0 saturated heterocycles. The number of hydrogen-bond donors (Lipinski definition) is 0. The van der Waals surface area contributed by atoms with Gasteiger partial charge in [-0.1, -0.05) is 37.7 Å². The van der Waals surface area contributed by atoms with Gasteiger partial charge in [0.25, 0.3) is 0 Å². The Morgan fingerprint density at radius 3 is 2.59 bits per heavy atom. The zero-order valence-electron chi connectivity index (χ0n) is 13.1. The number of thioether (sulfide) groups is 1. The Kier molecular flexibility index (Phi) is 4.34. The summed E-state index contributed by atoms with van der Waals surface area (Å²) in [6.45, 7) is 4.42. The average molecular weight is 312 g/mol. The highest BCUT2D eigenvalue weighted by Gasteiger charge is 2.07. The van der Waals surface area contributed by atoms with Crippen molar-refractivity contribution < 1.29 is 0 Å². The molecule has 0 amide bonds. The topological polar surface area (TPSA) is 35.6 Å². The summed E-state index contributed by atoms with van der Waals surface area (Å²) in [5.41, 5.74) is 3.71. The molecule has 3 aromatic rings. The highest BCUT2D eigenvalue weighted by Crippen LogP contribution is 2.25. The van der Waals surface area contributed by atoms with Gasteiger partial charge < -0.3 is 0 Å². The quantitative estimate of drug-likeness (QED) is 0.668. The van der Waals surface area contributed by atoms with Crippen molar-refractivity contribution in [2.45, 2.75) is 30.7 Å². The highest BCUT2D eigenvalue weighted by atomic mass is 32.2. The minimum absolute atomic E-state index is 0.552. The van der Waals surface area contributed by atoms with Crippen molar-refractivity contribution in [2.75, 3.05) is 0 Å². The second kappa shape index (κ2) is 6.40. The summed E-state index contributed by atoms with van der Waals surface area (Å²) in [6.07, 6.45) is 7.80. The van der Waals surface area contributed by atoms with Crippen molar-refractivity contribution >= 4 is 11.8 Å². The second-order valence-corrected chi connectivity index (χ2v) is 6.58. The van der Waals surface area contributed by atoms with E-state index in [1.54, 1.807) is 11.8 Å². The molecule has 0 atom stereocenters. The molecule has 0 radical (unpaired) electrons. The predicted molar refractivity (Wildman–Crippen MR) is 90.4 cm³/mol. The van der Waals surface area contributed by atoms with Crippen LogP contribution in [-0.4, -0.2) is 19.3 Å². The number of benzene rings is 1. The van der Waals surface area contributed by atoms with E-state index in [9.17, 15) is 0 Å². The largest absolute Gasteiger partial charge is 0.295 e. The van der Waals surface area contributed by atoms with E-state index in [2.05, 4.69) is 52.8 Å². The van der Waals surface area contributed by atoms with Crippen LogP contribution < -0.4 is 0 Å². The Morgan fingerprint density at radius 2 is 1.95 bits per heavy atom. The number of aryl methyl sites for hydroxylation is 1. The van der Waals surface area contributed by atoms with Crippen LogP contribution in [0.2, 0.25) is 0 Å².